The fourth-order valence-electron chi connectivity index (χ4n) is 2.11. The minimum atomic E-state index is -0.170. The van der Waals surface area contributed by atoms with Gasteiger partial charge in [-0.15, -0.1) is 0 Å². The van der Waals surface area contributed by atoms with Crippen molar-refractivity contribution in [2.75, 3.05) is 18.5 Å². The summed E-state index contributed by atoms with van der Waals surface area (Å²) in [5.41, 5.74) is 14.2. The van der Waals surface area contributed by atoms with Crippen LogP contribution in [-0.4, -0.2) is 17.9 Å². The second kappa shape index (κ2) is 5.97. The molecule has 0 aliphatic heterocycles. The van der Waals surface area contributed by atoms with E-state index in [4.69, 9.17) is 16.7 Å². The molecule has 2 aromatic rings. The molecular weight excluding hydrogens is 264 g/mol. The van der Waals surface area contributed by atoms with Crippen LogP contribution in [0.2, 0.25) is 0 Å². The van der Waals surface area contributed by atoms with Gasteiger partial charge in [-0.25, -0.2) is 0 Å². The smallest absolute Gasteiger partial charge is 0.254 e. The molecule has 4 N–H and O–H groups in total. The van der Waals surface area contributed by atoms with Gasteiger partial charge in [0, 0.05) is 30.5 Å². The third kappa shape index (κ3) is 3.51. The summed E-state index contributed by atoms with van der Waals surface area (Å²) in [6.07, 6.45) is 0. The van der Waals surface area contributed by atoms with Crippen molar-refractivity contribution >= 4 is 17.3 Å². The Morgan fingerprint density at radius 1 is 1.19 bits per heavy atom. The van der Waals surface area contributed by atoms with Crippen LogP contribution < -0.4 is 11.5 Å². The van der Waals surface area contributed by atoms with Crippen molar-refractivity contribution in [1.29, 1.82) is 5.26 Å². The maximum absolute atomic E-state index is 12.4. The van der Waals surface area contributed by atoms with Gasteiger partial charge in [0.25, 0.3) is 5.91 Å². The lowest BCUT2D eigenvalue weighted by atomic mass is 10.1. The lowest BCUT2D eigenvalue weighted by molar-refractivity contribution is 0.0785. The number of carbonyl (C=O) groups is 1. The van der Waals surface area contributed by atoms with Crippen molar-refractivity contribution in [3.63, 3.8) is 0 Å². The summed E-state index contributed by atoms with van der Waals surface area (Å²) in [4.78, 5) is 13.9. The second-order valence-corrected chi connectivity index (χ2v) is 4.86. The highest BCUT2D eigenvalue weighted by molar-refractivity contribution is 5.95. The standard InChI is InChI=1S/C16H16N4O/c1-20(10-12-4-2-3-11(5-12)9-17)16(21)13-6-14(18)8-15(19)7-13/h2-8H,10,18-19H2,1H3. The normalized spacial score (nSPS) is 9.90. The summed E-state index contributed by atoms with van der Waals surface area (Å²) >= 11 is 0. The van der Waals surface area contributed by atoms with Gasteiger partial charge >= 0.3 is 0 Å². The van der Waals surface area contributed by atoms with Crippen LogP contribution in [0.3, 0.4) is 0 Å². The third-order valence-electron chi connectivity index (χ3n) is 3.05. The first-order chi connectivity index (χ1) is 9.99. The van der Waals surface area contributed by atoms with Crippen LogP contribution in [0.4, 0.5) is 11.4 Å². The Morgan fingerprint density at radius 2 is 1.86 bits per heavy atom. The van der Waals surface area contributed by atoms with Crippen LogP contribution in [0.15, 0.2) is 42.5 Å². The molecule has 0 aliphatic rings. The van der Waals surface area contributed by atoms with Crippen LogP contribution in [0.5, 0.6) is 0 Å². The predicted octanol–water partition coefficient (Wildman–Crippen LogP) is 1.99. The van der Waals surface area contributed by atoms with E-state index < -0.39 is 0 Å². The molecule has 0 aliphatic carbocycles. The van der Waals surface area contributed by atoms with E-state index in [1.54, 1.807) is 48.3 Å². The number of nitrogen functional groups attached to an aromatic ring is 2. The van der Waals surface area contributed by atoms with E-state index in [0.29, 0.717) is 29.0 Å². The molecule has 106 valence electrons. The van der Waals surface area contributed by atoms with Crippen molar-refractivity contribution in [2.24, 2.45) is 0 Å². The molecule has 2 rings (SSSR count). The summed E-state index contributed by atoms with van der Waals surface area (Å²) < 4.78 is 0. The molecule has 0 radical (unpaired) electrons. The average molecular weight is 280 g/mol. The summed E-state index contributed by atoms with van der Waals surface area (Å²) in [6.45, 7) is 0.406. The first kappa shape index (κ1) is 14.4. The molecule has 2 aromatic carbocycles. The van der Waals surface area contributed by atoms with Gasteiger partial charge in [-0.3, -0.25) is 4.79 Å². The van der Waals surface area contributed by atoms with Gasteiger partial charge in [0.15, 0.2) is 0 Å². The van der Waals surface area contributed by atoms with Gasteiger partial charge < -0.3 is 16.4 Å². The summed E-state index contributed by atoms with van der Waals surface area (Å²) in [5, 5.41) is 8.89. The van der Waals surface area contributed by atoms with Crippen molar-refractivity contribution in [3.05, 3.63) is 59.2 Å². The number of nitrogens with zero attached hydrogens (tertiary/aromatic N) is 2. The molecule has 0 unspecified atom stereocenters. The molecule has 0 heterocycles. The number of benzene rings is 2. The van der Waals surface area contributed by atoms with E-state index in [2.05, 4.69) is 6.07 Å². The molecule has 0 atom stereocenters. The minimum Gasteiger partial charge on any atom is -0.399 e. The van der Waals surface area contributed by atoms with E-state index in [1.807, 2.05) is 6.07 Å². The van der Waals surface area contributed by atoms with Gasteiger partial charge in [-0.1, -0.05) is 12.1 Å². The van der Waals surface area contributed by atoms with Gasteiger partial charge in [0.2, 0.25) is 0 Å². The zero-order valence-corrected chi connectivity index (χ0v) is 11.7. The molecule has 0 bridgehead atoms. The summed E-state index contributed by atoms with van der Waals surface area (Å²) in [6, 6.07) is 14.0. The lowest BCUT2D eigenvalue weighted by Gasteiger charge is -2.18. The van der Waals surface area contributed by atoms with E-state index in [-0.39, 0.29) is 5.91 Å². The van der Waals surface area contributed by atoms with Crippen molar-refractivity contribution in [3.8, 4) is 6.07 Å². The number of carbonyl (C=O) groups excluding carboxylic acids is 1. The molecule has 0 fully saturated rings. The van der Waals surface area contributed by atoms with Crippen LogP contribution in [-0.2, 0) is 6.54 Å². The van der Waals surface area contributed by atoms with Crippen LogP contribution >= 0.6 is 0 Å². The van der Waals surface area contributed by atoms with Crippen molar-refractivity contribution < 1.29 is 4.79 Å². The van der Waals surface area contributed by atoms with Crippen molar-refractivity contribution in [1.82, 2.24) is 4.90 Å². The molecular formula is C16H16N4O. The Labute approximate surface area is 123 Å². The number of nitriles is 1. The number of nitrogens with two attached hydrogens (primary N) is 2. The van der Waals surface area contributed by atoms with Crippen molar-refractivity contribution in [2.45, 2.75) is 6.54 Å². The molecule has 5 nitrogen and oxygen atoms in total. The monoisotopic (exact) mass is 280 g/mol. The summed E-state index contributed by atoms with van der Waals surface area (Å²) in [7, 11) is 1.70. The van der Waals surface area contributed by atoms with Gasteiger partial charge in [-0.2, -0.15) is 5.26 Å². The van der Waals surface area contributed by atoms with E-state index in [0.717, 1.165) is 5.56 Å². The Balaban J connectivity index is 2.17. The summed E-state index contributed by atoms with van der Waals surface area (Å²) in [5.74, 6) is -0.170. The highest BCUT2D eigenvalue weighted by Gasteiger charge is 2.13. The Hall–Kier alpha value is -3.00. The van der Waals surface area contributed by atoms with Crippen LogP contribution in [0.25, 0.3) is 0 Å². The molecule has 0 spiro atoms. The molecule has 0 aromatic heterocycles. The topological polar surface area (TPSA) is 96.1 Å². The average Bonchev–Trinajstić information content (AvgIpc) is 2.45. The maximum atomic E-state index is 12.4. The largest absolute Gasteiger partial charge is 0.399 e. The first-order valence-corrected chi connectivity index (χ1v) is 6.40. The predicted molar refractivity (Wildman–Crippen MR) is 82.2 cm³/mol. The molecule has 5 heteroatoms. The molecule has 21 heavy (non-hydrogen) atoms. The molecule has 0 saturated carbocycles. The molecule has 0 saturated heterocycles. The highest BCUT2D eigenvalue weighted by Crippen LogP contribution is 2.16. The van der Waals surface area contributed by atoms with E-state index in [1.165, 1.54) is 0 Å². The van der Waals surface area contributed by atoms with E-state index >= 15 is 0 Å². The van der Waals surface area contributed by atoms with E-state index in [9.17, 15) is 4.79 Å². The number of hydrogen-bond acceptors (Lipinski definition) is 4. The maximum Gasteiger partial charge on any atom is 0.254 e. The zero-order valence-electron chi connectivity index (χ0n) is 11.7. The SMILES string of the molecule is CN(Cc1cccc(C#N)c1)C(=O)c1cc(N)cc(N)c1. The Morgan fingerprint density at radius 3 is 2.48 bits per heavy atom. The van der Waals surface area contributed by atoms with Gasteiger partial charge in [0.05, 0.1) is 11.6 Å². The van der Waals surface area contributed by atoms with Gasteiger partial charge in [0.1, 0.15) is 0 Å². The zero-order chi connectivity index (χ0) is 15.4. The first-order valence-electron chi connectivity index (χ1n) is 6.40. The Bertz CT molecular complexity index is 698. The third-order valence-corrected chi connectivity index (χ3v) is 3.05. The van der Waals surface area contributed by atoms with Crippen LogP contribution in [0, 0.1) is 11.3 Å². The van der Waals surface area contributed by atoms with Gasteiger partial charge in [-0.05, 0) is 35.9 Å². The number of anilines is 2. The van der Waals surface area contributed by atoms with Crippen LogP contribution in [0.1, 0.15) is 21.5 Å². The number of rotatable bonds is 3. The highest BCUT2D eigenvalue weighted by atomic mass is 16.2. The quantitative estimate of drug-likeness (QED) is 0.840. The fraction of sp³-hybridized carbons (Fsp3) is 0.125. The molecule has 1 amide bonds. The second-order valence-electron chi connectivity index (χ2n) is 4.86. The lowest BCUT2D eigenvalue weighted by Crippen LogP contribution is -2.26. The fourth-order valence-corrected chi connectivity index (χ4v) is 2.11. The Kier molecular flexibility index (Phi) is 4.10. The number of amides is 1. The number of hydrogen-bond donors (Lipinski definition) is 2. The minimum absolute atomic E-state index is 0.170.